The van der Waals surface area contributed by atoms with Crippen molar-refractivity contribution in [3.63, 3.8) is 0 Å². The van der Waals surface area contributed by atoms with Crippen LogP contribution in [0.5, 0.6) is 0 Å². The molecule has 0 aromatic carbocycles. The van der Waals surface area contributed by atoms with E-state index in [9.17, 15) is 0 Å². The second-order valence-electron chi connectivity index (χ2n) is 3.53. The molecule has 74 valence electrons. The Bertz CT molecular complexity index is 266. The molecular formula is C10H17NO2. The van der Waals surface area contributed by atoms with Gasteiger partial charge in [0.05, 0.1) is 0 Å². The van der Waals surface area contributed by atoms with Gasteiger partial charge in [0, 0.05) is 13.0 Å². The molecule has 3 heteroatoms. The Balaban J connectivity index is 2.57. The fraction of sp³-hybridized carbons (Fsp3) is 0.600. The highest BCUT2D eigenvalue weighted by Gasteiger charge is 2.06. The first-order valence-corrected chi connectivity index (χ1v) is 4.47. The minimum Gasteiger partial charge on any atom is -0.463 e. The number of aryl methyl sites for hydroxylation is 1. The standard InChI is InChI=1S/C10H17NO2/c1-8-6-9(4-5-11(2)3)13-10(8)7-12/h6,12H,4-5,7H2,1-3H3. The molecule has 1 N–H and O–H groups in total. The van der Waals surface area contributed by atoms with E-state index in [1.807, 2.05) is 27.1 Å². The molecule has 1 aromatic rings. The third kappa shape index (κ3) is 2.86. The van der Waals surface area contributed by atoms with Crippen molar-refractivity contribution in [2.24, 2.45) is 0 Å². The van der Waals surface area contributed by atoms with Gasteiger partial charge in [-0.15, -0.1) is 0 Å². The normalized spacial score (nSPS) is 11.2. The minimum absolute atomic E-state index is 0.00615. The zero-order chi connectivity index (χ0) is 9.84. The topological polar surface area (TPSA) is 36.6 Å². The highest BCUT2D eigenvalue weighted by molar-refractivity contribution is 5.19. The van der Waals surface area contributed by atoms with Gasteiger partial charge in [-0.2, -0.15) is 0 Å². The summed E-state index contributed by atoms with van der Waals surface area (Å²) in [5, 5.41) is 8.91. The van der Waals surface area contributed by atoms with Crippen molar-refractivity contribution < 1.29 is 9.52 Å². The lowest BCUT2D eigenvalue weighted by molar-refractivity contribution is 0.241. The minimum atomic E-state index is -0.00615. The molecule has 1 aromatic heterocycles. The largest absolute Gasteiger partial charge is 0.463 e. The zero-order valence-electron chi connectivity index (χ0n) is 8.50. The Morgan fingerprint density at radius 3 is 2.62 bits per heavy atom. The van der Waals surface area contributed by atoms with E-state index in [1.165, 1.54) is 0 Å². The van der Waals surface area contributed by atoms with Crippen LogP contribution in [-0.2, 0) is 13.0 Å². The lowest BCUT2D eigenvalue weighted by Gasteiger charge is -2.06. The van der Waals surface area contributed by atoms with Gasteiger partial charge in [0.25, 0.3) is 0 Å². The van der Waals surface area contributed by atoms with Crippen LogP contribution in [0.3, 0.4) is 0 Å². The van der Waals surface area contributed by atoms with Crippen molar-refractivity contribution in [2.75, 3.05) is 20.6 Å². The molecule has 13 heavy (non-hydrogen) atoms. The van der Waals surface area contributed by atoms with Crippen molar-refractivity contribution in [3.8, 4) is 0 Å². The van der Waals surface area contributed by atoms with E-state index in [2.05, 4.69) is 4.90 Å². The maximum Gasteiger partial charge on any atom is 0.132 e. The molecule has 0 amide bonds. The summed E-state index contributed by atoms with van der Waals surface area (Å²) in [6, 6.07) is 2.00. The molecule has 0 aliphatic carbocycles. The smallest absolute Gasteiger partial charge is 0.132 e. The maximum absolute atomic E-state index is 8.91. The molecule has 3 nitrogen and oxygen atoms in total. The highest BCUT2D eigenvalue weighted by atomic mass is 16.4. The molecule has 1 rings (SSSR count). The van der Waals surface area contributed by atoms with E-state index in [0.29, 0.717) is 5.76 Å². The average Bonchev–Trinajstić information content (AvgIpc) is 2.43. The average molecular weight is 183 g/mol. The number of rotatable bonds is 4. The quantitative estimate of drug-likeness (QED) is 0.761. The highest BCUT2D eigenvalue weighted by Crippen LogP contribution is 2.14. The molecule has 0 saturated heterocycles. The van der Waals surface area contributed by atoms with Crippen LogP contribution in [0.2, 0.25) is 0 Å². The van der Waals surface area contributed by atoms with E-state index < -0.39 is 0 Å². The zero-order valence-corrected chi connectivity index (χ0v) is 8.50. The summed E-state index contributed by atoms with van der Waals surface area (Å²) in [7, 11) is 4.06. The van der Waals surface area contributed by atoms with Gasteiger partial charge < -0.3 is 14.4 Å². The summed E-state index contributed by atoms with van der Waals surface area (Å²) in [5.74, 6) is 1.64. The number of likely N-dealkylation sites (N-methyl/N-ethyl adjacent to an activating group) is 1. The first-order valence-electron chi connectivity index (χ1n) is 4.47. The Morgan fingerprint density at radius 1 is 1.46 bits per heavy atom. The van der Waals surface area contributed by atoms with Gasteiger partial charge in [-0.05, 0) is 32.6 Å². The van der Waals surface area contributed by atoms with Gasteiger partial charge in [-0.25, -0.2) is 0 Å². The summed E-state index contributed by atoms with van der Waals surface area (Å²) in [6.45, 7) is 2.92. The third-order valence-corrected chi connectivity index (χ3v) is 2.02. The lowest BCUT2D eigenvalue weighted by atomic mass is 10.2. The number of aliphatic hydroxyl groups excluding tert-OH is 1. The molecule has 0 saturated carbocycles. The van der Waals surface area contributed by atoms with Crippen molar-refractivity contribution in [3.05, 3.63) is 23.2 Å². The Kier molecular flexibility index (Phi) is 3.51. The summed E-state index contributed by atoms with van der Waals surface area (Å²) in [6.07, 6.45) is 0.897. The van der Waals surface area contributed by atoms with Crippen molar-refractivity contribution in [1.29, 1.82) is 0 Å². The summed E-state index contributed by atoms with van der Waals surface area (Å²) >= 11 is 0. The number of hydrogen-bond donors (Lipinski definition) is 1. The van der Waals surface area contributed by atoms with E-state index in [0.717, 1.165) is 24.3 Å². The Hall–Kier alpha value is -0.800. The third-order valence-electron chi connectivity index (χ3n) is 2.02. The van der Waals surface area contributed by atoms with E-state index in [1.54, 1.807) is 0 Å². The van der Waals surface area contributed by atoms with E-state index in [-0.39, 0.29) is 6.61 Å². The second-order valence-corrected chi connectivity index (χ2v) is 3.53. The van der Waals surface area contributed by atoms with Gasteiger partial charge in [-0.3, -0.25) is 0 Å². The van der Waals surface area contributed by atoms with Gasteiger partial charge in [-0.1, -0.05) is 0 Å². The molecule has 0 radical (unpaired) electrons. The Labute approximate surface area is 79.0 Å². The Morgan fingerprint density at radius 2 is 2.15 bits per heavy atom. The molecule has 0 aliphatic rings. The van der Waals surface area contributed by atoms with Crippen molar-refractivity contribution in [2.45, 2.75) is 20.0 Å². The van der Waals surface area contributed by atoms with Crippen LogP contribution in [-0.4, -0.2) is 30.6 Å². The van der Waals surface area contributed by atoms with Crippen LogP contribution in [0, 0.1) is 6.92 Å². The number of furan rings is 1. The number of hydrogen-bond acceptors (Lipinski definition) is 3. The van der Waals surface area contributed by atoms with Gasteiger partial charge in [0.1, 0.15) is 18.1 Å². The molecule has 0 aliphatic heterocycles. The van der Waals surface area contributed by atoms with Crippen LogP contribution >= 0.6 is 0 Å². The lowest BCUT2D eigenvalue weighted by Crippen LogP contribution is -2.14. The van der Waals surface area contributed by atoms with Crippen LogP contribution in [0.4, 0.5) is 0 Å². The van der Waals surface area contributed by atoms with E-state index >= 15 is 0 Å². The number of aliphatic hydroxyl groups is 1. The predicted molar refractivity (Wildman–Crippen MR) is 51.6 cm³/mol. The molecule has 1 heterocycles. The molecule has 0 atom stereocenters. The molecule has 0 unspecified atom stereocenters. The molecule has 0 fully saturated rings. The summed E-state index contributed by atoms with van der Waals surface area (Å²) in [4.78, 5) is 2.11. The monoisotopic (exact) mass is 183 g/mol. The second kappa shape index (κ2) is 4.44. The van der Waals surface area contributed by atoms with Crippen LogP contribution in [0.15, 0.2) is 10.5 Å². The first-order chi connectivity index (χ1) is 6.13. The van der Waals surface area contributed by atoms with E-state index in [4.69, 9.17) is 9.52 Å². The maximum atomic E-state index is 8.91. The predicted octanol–water partition coefficient (Wildman–Crippen LogP) is 1.18. The van der Waals surface area contributed by atoms with Crippen LogP contribution < -0.4 is 0 Å². The molecular weight excluding hydrogens is 166 g/mol. The molecule has 0 bridgehead atoms. The molecule has 0 spiro atoms. The fourth-order valence-corrected chi connectivity index (χ4v) is 1.20. The summed E-state index contributed by atoms with van der Waals surface area (Å²) < 4.78 is 5.44. The SMILES string of the molecule is Cc1cc(CCN(C)C)oc1CO. The first kappa shape index (κ1) is 10.3. The number of nitrogens with zero attached hydrogens (tertiary/aromatic N) is 1. The van der Waals surface area contributed by atoms with Crippen LogP contribution in [0.25, 0.3) is 0 Å². The van der Waals surface area contributed by atoms with Gasteiger partial charge in [0.15, 0.2) is 0 Å². The van der Waals surface area contributed by atoms with Gasteiger partial charge in [0.2, 0.25) is 0 Å². The van der Waals surface area contributed by atoms with Crippen molar-refractivity contribution >= 4 is 0 Å². The van der Waals surface area contributed by atoms with Gasteiger partial charge >= 0.3 is 0 Å². The van der Waals surface area contributed by atoms with Crippen molar-refractivity contribution in [1.82, 2.24) is 4.90 Å². The summed E-state index contributed by atoms with van der Waals surface area (Å²) in [5.41, 5.74) is 1.04. The van der Waals surface area contributed by atoms with Crippen LogP contribution in [0.1, 0.15) is 17.1 Å². The fourth-order valence-electron chi connectivity index (χ4n) is 1.20.